The molecule has 1 aromatic rings. The van der Waals surface area contributed by atoms with Crippen molar-refractivity contribution in [1.29, 1.82) is 0 Å². The van der Waals surface area contributed by atoms with Gasteiger partial charge in [0.05, 0.1) is 6.26 Å². The Balaban J connectivity index is 2.63. The third-order valence-corrected chi connectivity index (χ3v) is 2.74. The Morgan fingerprint density at radius 3 is 2.50 bits per heavy atom. The molecule has 1 rings (SSSR count). The Morgan fingerprint density at radius 2 is 2.07 bits per heavy atom. The van der Waals surface area contributed by atoms with E-state index in [2.05, 4.69) is 13.8 Å². The van der Waals surface area contributed by atoms with Crippen LogP contribution in [0.4, 0.5) is 0 Å². The lowest BCUT2D eigenvalue weighted by molar-refractivity contribution is 0.0930. The van der Waals surface area contributed by atoms with Gasteiger partial charge in [0.1, 0.15) is 0 Å². The predicted molar refractivity (Wildman–Crippen MR) is 56.5 cm³/mol. The molecule has 0 aliphatic rings. The van der Waals surface area contributed by atoms with Crippen LogP contribution >= 0.6 is 0 Å². The molecule has 0 fully saturated rings. The normalized spacial score (nSPS) is 10.9. The zero-order valence-electron chi connectivity index (χ0n) is 9.17. The van der Waals surface area contributed by atoms with Crippen LogP contribution in [0.25, 0.3) is 0 Å². The molecular formula is C12H18O2. The van der Waals surface area contributed by atoms with E-state index in [4.69, 9.17) is 4.42 Å². The van der Waals surface area contributed by atoms with Crippen LogP contribution < -0.4 is 0 Å². The number of Topliss-reactive ketones (excluding diaryl/α,β-unsaturated/α-hetero) is 1. The summed E-state index contributed by atoms with van der Waals surface area (Å²) in [5, 5.41) is 0. The molecular weight excluding hydrogens is 176 g/mol. The van der Waals surface area contributed by atoms with Crippen LogP contribution in [-0.2, 0) is 0 Å². The van der Waals surface area contributed by atoms with E-state index >= 15 is 0 Å². The first-order chi connectivity index (χ1) is 6.69. The molecule has 0 saturated heterocycles. The van der Waals surface area contributed by atoms with Crippen molar-refractivity contribution in [3.8, 4) is 0 Å². The molecule has 0 N–H and O–H groups in total. The summed E-state index contributed by atoms with van der Waals surface area (Å²) >= 11 is 0. The molecule has 1 aromatic heterocycles. The molecule has 1 heterocycles. The van der Waals surface area contributed by atoms with Gasteiger partial charge in [-0.1, -0.05) is 26.7 Å². The summed E-state index contributed by atoms with van der Waals surface area (Å²) in [5.74, 6) is 1.17. The molecule has 2 heteroatoms. The van der Waals surface area contributed by atoms with Crippen LogP contribution in [0.3, 0.4) is 0 Å². The fraction of sp³-hybridized carbons (Fsp3) is 0.583. The lowest BCUT2D eigenvalue weighted by Gasteiger charge is -2.09. The SMILES string of the molecule is CCC(CC)CC(=O)c1occc1C. The van der Waals surface area contributed by atoms with Crippen LogP contribution in [0.15, 0.2) is 16.7 Å². The van der Waals surface area contributed by atoms with Crippen LogP contribution in [0.5, 0.6) is 0 Å². The summed E-state index contributed by atoms with van der Waals surface area (Å²) < 4.78 is 5.17. The van der Waals surface area contributed by atoms with Crippen molar-refractivity contribution in [3.05, 3.63) is 23.7 Å². The van der Waals surface area contributed by atoms with Gasteiger partial charge in [0, 0.05) is 6.42 Å². The van der Waals surface area contributed by atoms with Gasteiger partial charge in [0.25, 0.3) is 0 Å². The molecule has 14 heavy (non-hydrogen) atoms. The topological polar surface area (TPSA) is 30.2 Å². The van der Waals surface area contributed by atoms with Gasteiger partial charge >= 0.3 is 0 Å². The molecule has 0 atom stereocenters. The molecule has 0 aliphatic carbocycles. The molecule has 0 saturated carbocycles. The number of rotatable bonds is 5. The molecule has 0 bridgehead atoms. The monoisotopic (exact) mass is 194 g/mol. The van der Waals surface area contributed by atoms with Crippen molar-refractivity contribution in [2.75, 3.05) is 0 Å². The second kappa shape index (κ2) is 4.99. The number of furan rings is 1. The number of ketones is 1. The average molecular weight is 194 g/mol. The van der Waals surface area contributed by atoms with Crippen LogP contribution in [0, 0.1) is 12.8 Å². The van der Waals surface area contributed by atoms with Crippen molar-refractivity contribution in [2.24, 2.45) is 5.92 Å². The smallest absolute Gasteiger partial charge is 0.198 e. The van der Waals surface area contributed by atoms with Crippen LogP contribution in [0.1, 0.15) is 49.2 Å². The van der Waals surface area contributed by atoms with E-state index in [1.54, 1.807) is 6.26 Å². The third kappa shape index (κ3) is 2.47. The highest BCUT2D eigenvalue weighted by Gasteiger charge is 2.16. The maximum atomic E-state index is 11.8. The molecule has 0 unspecified atom stereocenters. The van der Waals surface area contributed by atoms with E-state index in [1.165, 1.54) is 0 Å². The fourth-order valence-electron chi connectivity index (χ4n) is 1.59. The van der Waals surface area contributed by atoms with E-state index in [1.807, 2.05) is 13.0 Å². The summed E-state index contributed by atoms with van der Waals surface area (Å²) in [6.07, 6.45) is 4.31. The van der Waals surface area contributed by atoms with Gasteiger partial charge in [-0.2, -0.15) is 0 Å². The maximum absolute atomic E-state index is 11.8. The first-order valence-electron chi connectivity index (χ1n) is 5.26. The van der Waals surface area contributed by atoms with Crippen molar-refractivity contribution in [2.45, 2.75) is 40.0 Å². The molecule has 0 amide bonds. The van der Waals surface area contributed by atoms with E-state index in [0.717, 1.165) is 18.4 Å². The molecule has 0 radical (unpaired) electrons. The highest BCUT2D eigenvalue weighted by molar-refractivity contribution is 5.94. The number of hydrogen-bond acceptors (Lipinski definition) is 2. The van der Waals surface area contributed by atoms with Gasteiger partial charge in [0.2, 0.25) is 0 Å². The van der Waals surface area contributed by atoms with Crippen molar-refractivity contribution in [3.63, 3.8) is 0 Å². The Morgan fingerprint density at radius 1 is 1.43 bits per heavy atom. The summed E-state index contributed by atoms with van der Waals surface area (Å²) in [6.45, 7) is 6.15. The number of aryl methyl sites for hydroxylation is 1. The molecule has 0 aromatic carbocycles. The minimum Gasteiger partial charge on any atom is -0.461 e. The summed E-state index contributed by atoms with van der Waals surface area (Å²) in [4.78, 5) is 11.8. The highest BCUT2D eigenvalue weighted by atomic mass is 16.3. The van der Waals surface area contributed by atoms with Gasteiger partial charge in [-0.15, -0.1) is 0 Å². The zero-order chi connectivity index (χ0) is 10.6. The molecule has 0 aliphatic heterocycles. The van der Waals surface area contributed by atoms with Gasteiger partial charge in [-0.3, -0.25) is 4.79 Å². The summed E-state index contributed by atoms with van der Waals surface area (Å²) in [5.41, 5.74) is 0.945. The van der Waals surface area contributed by atoms with Crippen molar-refractivity contribution < 1.29 is 9.21 Å². The van der Waals surface area contributed by atoms with E-state index in [0.29, 0.717) is 18.1 Å². The summed E-state index contributed by atoms with van der Waals surface area (Å²) in [7, 11) is 0. The van der Waals surface area contributed by atoms with Gasteiger partial charge in [-0.25, -0.2) is 0 Å². The second-order valence-corrected chi connectivity index (χ2v) is 3.74. The first kappa shape index (κ1) is 11.0. The Hall–Kier alpha value is -1.05. The predicted octanol–water partition coefficient (Wildman–Crippen LogP) is 3.60. The number of hydrogen-bond donors (Lipinski definition) is 0. The lowest BCUT2D eigenvalue weighted by Crippen LogP contribution is -2.07. The quantitative estimate of drug-likeness (QED) is 0.670. The standard InChI is InChI=1S/C12H18O2/c1-4-10(5-2)8-11(13)12-9(3)6-7-14-12/h6-7,10H,4-5,8H2,1-3H3. The Bertz CT molecular complexity index is 295. The summed E-state index contributed by atoms with van der Waals surface area (Å²) in [6, 6.07) is 1.83. The molecule has 78 valence electrons. The van der Waals surface area contributed by atoms with Crippen molar-refractivity contribution in [1.82, 2.24) is 0 Å². The van der Waals surface area contributed by atoms with E-state index < -0.39 is 0 Å². The number of carbonyl (C=O) groups excluding carboxylic acids is 1. The van der Waals surface area contributed by atoms with Gasteiger partial charge < -0.3 is 4.42 Å². The maximum Gasteiger partial charge on any atom is 0.198 e. The second-order valence-electron chi connectivity index (χ2n) is 3.74. The van der Waals surface area contributed by atoms with E-state index in [-0.39, 0.29) is 5.78 Å². The molecule has 2 nitrogen and oxygen atoms in total. The highest BCUT2D eigenvalue weighted by Crippen LogP contribution is 2.18. The van der Waals surface area contributed by atoms with Crippen LogP contribution in [-0.4, -0.2) is 5.78 Å². The Labute approximate surface area is 85.3 Å². The average Bonchev–Trinajstić information content (AvgIpc) is 2.60. The van der Waals surface area contributed by atoms with Crippen LogP contribution in [0.2, 0.25) is 0 Å². The zero-order valence-corrected chi connectivity index (χ0v) is 9.17. The minimum atomic E-state index is 0.140. The minimum absolute atomic E-state index is 0.140. The van der Waals surface area contributed by atoms with Gasteiger partial charge in [-0.05, 0) is 24.5 Å². The molecule has 0 spiro atoms. The van der Waals surface area contributed by atoms with Crippen molar-refractivity contribution >= 4 is 5.78 Å². The first-order valence-corrected chi connectivity index (χ1v) is 5.26. The van der Waals surface area contributed by atoms with Gasteiger partial charge in [0.15, 0.2) is 11.5 Å². The third-order valence-electron chi connectivity index (χ3n) is 2.74. The fourth-order valence-corrected chi connectivity index (χ4v) is 1.59. The Kier molecular flexibility index (Phi) is 3.93. The van der Waals surface area contributed by atoms with E-state index in [9.17, 15) is 4.79 Å². The largest absolute Gasteiger partial charge is 0.461 e. The number of carbonyl (C=O) groups is 1. The lowest BCUT2D eigenvalue weighted by atomic mass is 9.95.